The molecule has 1 aromatic heterocycles. The number of benzene rings is 2. The van der Waals surface area contributed by atoms with Crippen LogP contribution in [0.5, 0.6) is 5.75 Å². The minimum atomic E-state index is -0.331. The molecule has 2 aromatic carbocycles. The molecule has 2 amide bonds. The van der Waals surface area contributed by atoms with Gasteiger partial charge in [-0.1, -0.05) is 30.3 Å². The Morgan fingerprint density at radius 1 is 1.10 bits per heavy atom. The lowest BCUT2D eigenvalue weighted by molar-refractivity contribution is -0.121. The van der Waals surface area contributed by atoms with Crippen molar-refractivity contribution < 1.29 is 14.3 Å². The molecule has 7 heteroatoms. The maximum Gasteiger partial charge on any atom is 0.244 e. The Morgan fingerprint density at radius 2 is 1.86 bits per heavy atom. The van der Waals surface area contributed by atoms with Crippen molar-refractivity contribution in [1.82, 2.24) is 14.9 Å². The summed E-state index contributed by atoms with van der Waals surface area (Å²) in [5, 5.41) is 5.28. The van der Waals surface area contributed by atoms with Crippen LogP contribution in [0, 0.1) is 0 Å². The Hall–Kier alpha value is -3.87. The summed E-state index contributed by atoms with van der Waals surface area (Å²) in [7, 11) is 1.90. The second-order valence-corrected chi connectivity index (χ2v) is 6.28. The second-order valence-electron chi connectivity index (χ2n) is 6.28. The summed E-state index contributed by atoms with van der Waals surface area (Å²) in [6.45, 7) is 0.243. The molecule has 148 valence electrons. The van der Waals surface area contributed by atoms with Gasteiger partial charge in [-0.2, -0.15) is 0 Å². The molecule has 7 nitrogen and oxygen atoms in total. The van der Waals surface area contributed by atoms with Crippen molar-refractivity contribution in [2.24, 2.45) is 7.05 Å². The van der Waals surface area contributed by atoms with Gasteiger partial charge in [0.15, 0.2) is 0 Å². The summed E-state index contributed by atoms with van der Waals surface area (Å²) in [6, 6.07) is 16.5. The number of rotatable bonds is 8. The molecule has 0 bridgehead atoms. The number of ether oxygens (including phenoxy) is 1. The largest absolute Gasteiger partial charge is 0.486 e. The smallest absolute Gasteiger partial charge is 0.244 e. The average Bonchev–Trinajstić information content (AvgIpc) is 3.16. The molecule has 2 N–H and O–H groups in total. The molecular weight excluding hydrogens is 368 g/mol. The molecule has 0 fully saturated rings. The normalized spacial score (nSPS) is 10.7. The molecule has 0 atom stereocenters. The van der Waals surface area contributed by atoms with Gasteiger partial charge in [0.2, 0.25) is 11.8 Å². The van der Waals surface area contributed by atoms with E-state index in [1.54, 1.807) is 36.5 Å². The molecule has 1 heterocycles. The first-order valence-corrected chi connectivity index (χ1v) is 9.10. The molecule has 0 aliphatic carbocycles. The molecular formula is C22H22N4O3. The first-order valence-electron chi connectivity index (χ1n) is 9.10. The number of nitrogens with zero attached hydrogens (tertiary/aromatic N) is 2. The molecule has 29 heavy (non-hydrogen) atoms. The quantitative estimate of drug-likeness (QED) is 0.579. The predicted octanol–water partition coefficient (Wildman–Crippen LogP) is 2.77. The molecule has 3 rings (SSSR count). The van der Waals surface area contributed by atoms with E-state index in [4.69, 9.17) is 4.74 Å². The Bertz CT molecular complexity index is 979. The third-order valence-corrected chi connectivity index (χ3v) is 4.08. The van der Waals surface area contributed by atoms with E-state index < -0.39 is 0 Å². The molecule has 0 saturated heterocycles. The van der Waals surface area contributed by atoms with Gasteiger partial charge in [0, 0.05) is 31.2 Å². The Kier molecular flexibility index (Phi) is 6.78. The van der Waals surface area contributed by atoms with Gasteiger partial charge in [-0.3, -0.25) is 9.59 Å². The van der Waals surface area contributed by atoms with Crippen molar-refractivity contribution >= 4 is 23.6 Å². The van der Waals surface area contributed by atoms with E-state index in [0.717, 1.165) is 11.4 Å². The molecule has 0 radical (unpaired) electrons. The highest BCUT2D eigenvalue weighted by Crippen LogP contribution is 2.16. The zero-order valence-corrected chi connectivity index (χ0v) is 16.0. The number of anilines is 1. The van der Waals surface area contributed by atoms with Crippen molar-refractivity contribution in [2.45, 2.75) is 6.61 Å². The Labute approximate surface area is 169 Å². The number of imidazole rings is 1. The fraction of sp³-hybridized carbons (Fsp3) is 0.136. The van der Waals surface area contributed by atoms with Crippen molar-refractivity contribution in [3.8, 4) is 5.75 Å². The van der Waals surface area contributed by atoms with Crippen molar-refractivity contribution in [3.63, 3.8) is 0 Å². The molecule has 0 unspecified atom stereocenters. The number of amides is 2. The SMILES string of the molecule is Cn1ccnc1COc1ccc(NC(=O)CNC(=O)/C=C/c2ccccc2)cc1. The van der Waals surface area contributed by atoms with Gasteiger partial charge in [0.25, 0.3) is 0 Å². The van der Waals surface area contributed by atoms with Crippen LogP contribution in [0.2, 0.25) is 0 Å². The van der Waals surface area contributed by atoms with Gasteiger partial charge in [-0.25, -0.2) is 4.98 Å². The predicted molar refractivity (Wildman–Crippen MR) is 111 cm³/mol. The first kappa shape index (κ1) is 19.9. The second kappa shape index (κ2) is 9.89. The third-order valence-electron chi connectivity index (χ3n) is 4.08. The lowest BCUT2D eigenvalue weighted by Crippen LogP contribution is -2.31. The zero-order valence-electron chi connectivity index (χ0n) is 16.0. The van der Waals surface area contributed by atoms with Crippen molar-refractivity contribution in [1.29, 1.82) is 0 Å². The standard InChI is InChI=1S/C22H22N4O3/c1-26-14-13-23-20(26)16-29-19-10-8-18(9-11-19)25-22(28)15-24-21(27)12-7-17-5-3-2-4-6-17/h2-14H,15-16H2,1H3,(H,24,27)(H,25,28)/b12-7+. The van der Waals surface area contributed by atoms with Crippen LogP contribution in [0.25, 0.3) is 6.08 Å². The van der Waals surface area contributed by atoms with E-state index in [-0.39, 0.29) is 18.4 Å². The Balaban J connectivity index is 1.41. The summed E-state index contributed by atoms with van der Waals surface area (Å²) in [4.78, 5) is 28.0. The van der Waals surface area contributed by atoms with E-state index in [2.05, 4.69) is 15.6 Å². The summed E-state index contributed by atoms with van der Waals surface area (Å²) in [5.74, 6) is 0.847. The van der Waals surface area contributed by atoms with Crippen LogP contribution in [-0.4, -0.2) is 27.9 Å². The van der Waals surface area contributed by atoms with Gasteiger partial charge in [0.05, 0.1) is 6.54 Å². The van der Waals surface area contributed by atoms with Crippen LogP contribution in [0.1, 0.15) is 11.4 Å². The minimum absolute atomic E-state index is 0.116. The minimum Gasteiger partial charge on any atom is -0.486 e. The summed E-state index contributed by atoms with van der Waals surface area (Å²) in [6.07, 6.45) is 6.66. The van der Waals surface area contributed by atoms with Gasteiger partial charge in [-0.15, -0.1) is 0 Å². The van der Waals surface area contributed by atoms with Crippen LogP contribution in [0.15, 0.2) is 73.1 Å². The maximum atomic E-state index is 12.0. The van der Waals surface area contributed by atoms with Gasteiger partial charge in [0.1, 0.15) is 18.2 Å². The molecule has 0 saturated carbocycles. The first-order chi connectivity index (χ1) is 14.1. The fourth-order valence-corrected chi connectivity index (χ4v) is 2.49. The number of hydrogen-bond acceptors (Lipinski definition) is 4. The number of aromatic nitrogens is 2. The lowest BCUT2D eigenvalue weighted by atomic mass is 10.2. The highest BCUT2D eigenvalue weighted by Gasteiger charge is 2.05. The average molecular weight is 390 g/mol. The van der Waals surface area contributed by atoms with Crippen LogP contribution in [-0.2, 0) is 23.2 Å². The lowest BCUT2D eigenvalue weighted by Gasteiger charge is -2.08. The number of carbonyl (C=O) groups excluding carboxylic acids is 2. The summed E-state index contributed by atoms with van der Waals surface area (Å²) in [5.41, 5.74) is 1.53. The van der Waals surface area contributed by atoms with Crippen LogP contribution in [0.4, 0.5) is 5.69 Å². The van der Waals surface area contributed by atoms with Gasteiger partial charge in [-0.05, 0) is 35.9 Å². The highest BCUT2D eigenvalue weighted by atomic mass is 16.5. The Morgan fingerprint density at radius 3 is 2.55 bits per heavy atom. The zero-order chi connectivity index (χ0) is 20.5. The van der Waals surface area contributed by atoms with Crippen LogP contribution >= 0.6 is 0 Å². The highest BCUT2D eigenvalue weighted by molar-refractivity contribution is 5.97. The van der Waals surface area contributed by atoms with E-state index in [1.165, 1.54) is 6.08 Å². The van der Waals surface area contributed by atoms with Crippen molar-refractivity contribution in [3.05, 3.63) is 84.5 Å². The van der Waals surface area contributed by atoms with Crippen LogP contribution < -0.4 is 15.4 Å². The summed E-state index contributed by atoms with van der Waals surface area (Å²) >= 11 is 0. The molecule has 0 spiro atoms. The number of hydrogen-bond donors (Lipinski definition) is 2. The monoisotopic (exact) mass is 390 g/mol. The topological polar surface area (TPSA) is 85.2 Å². The van der Waals surface area contributed by atoms with Crippen molar-refractivity contribution in [2.75, 3.05) is 11.9 Å². The molecule has 3 aromatic rings. The molecule has 0 aliphatic rings. The number of nitrogens with one attached hydrogen (secondary N) is 2. The van der Waals surface area contributed by atoms with E-state index >= 15 is 0 Å². The third kappa shape index (κ3) is 6.35. The fourth-order valence-electron chi connectivity index (χ4n) is 2.49. The number of carbonyl (C=O) groups is 2. The van der Waals surface area contributed by atoms with E-state index in [0.29, 0.717) is 18.0 Å². The van der Waals surface area contributed by atoms with Crippen LogP contribution in [0.3, 0.4) is 0 Å². The summed E-state index contributed by atoms with van der Waals surface area (Å²) < 4.78 is 7.56. The van der Waals surface area contributed by atoms with Gasteiger partial charge < -0.3 is 19.9 Å². The molecule has 0 aliphatic heterocycles. The van der Waals surface area contributed by atoms with E-state index in [1.807, 2.05) is 48.1 Å². The number of aryl methyl sites for hydroxylation is 1. The maximum absolute atomic E-state index is 12.0. The van der Waals surface area contributed by atoms with E-state index in [9.17, 15) is 9.59 Å². The van der Waals surface area contributed by atoms with Gasteiger partial charge >= 0.3 is 0 Å².